The number of pyridine rings is 1. The summed E-state index contributed by atoms with van der Waals surface area (Å²) in [5.41, 5.74) is 6.09. The Bertz CT molecular complexity index is 1460. The SMILES string of the molecule is Cc1nc(C2CC2)cn1-c1ccc2c(c1)C(=O)N(c1cccc(-c3ncc4n3CCCC4)n1)CC2. The average Bonchev–Trinajstić information content (AvgIpc) is 3.53. The second kappa shape index (κ2) is 7.90. The Morgan fingerprint density at radius 1 is 1.00 bits per heavy atom. The molecule has 0 bridgehead atoms. The minimum Gasteiger partial charge on any atom is -0.327 e. The fraction of sp³-hybridized carbons (Fsp3) is 0.357. The number of nitrogens with zero attached hydrogens (tertiary/aromatic N) is 6. The molecule has 2 aliphatic heterocycles. The van der Waals surface area contributed by atoms with Gasteiger partial charge in [0.25, 0.3) is 5.91 Å². The number of hydrogen-bond acceptors (Lipinski definition) is 4. The topological polar surface area (TPSA) is 68.8 Å². The third-order valence-corrected chi connectivity index (χ3v) is 7.59. The Labute approximate surface area is 204 Å². The van der Waals surface area contributed by atoms with Crippen molar-refractivity contribution in [2.75, 3.05) is 11.4 Å². The largest absolute Gasteiger partial charge is 0.327 e. The summed E-state index contributed by atoms with van der Waals surface area (Å²) in [6.45, 7) is 3.63. The Morgan fingerprint density at radius 3 is 2.80 bits per heavy atom. The lowest BCUT2D eigenvalue weighted by Crippen LogP contribution is -2.38. The van der Waals surface area contributed by atoms with E-state index in [0.717, 1.165) is 65.7 Å². The average molecular weight is 465 g/mol. The monoisotopic (exact) mass is 464 g/mol. The van der Waals surface area contributed by atoms with E-state index in [0.29, 0.717) is 18.3 Å². The van der Waals surface area contributed by atoms with Crippen LogP contribution in [0.25, 0.3) is 17.2 Å². The van der Waals surface area contributed by atoms with Crippen LogP contribution in [0.5, 0.6) is 0 Å². The molecule has 7 nitrogen and oxygen atoms in total. The van der Waals surface area contributed by atoms with Crippen molar-refractivity contribution in [2.24, 2.45) is 0 Å². The van der Waals surface area contributed by atoms with Gasteiger partial charge in [-0.3, -0.25) is 9.69 Å². The van der Waals surface area contributed by atoms with Crippen LogP contribution in [-0.2, 0) is 19.4 Å². The summed E-state index contributed by atoms with van der Waals surface area (Å²) in [4.78, 5) is 29.8. The van der Waals surface area contributed by atoms with Crippen LogP contribution in [-0.4, -0.2) is 36.5 Å². The normalized spacial score (nSPS) is 17.4. The van der Waals surface area contributed by atoms with Crippen LogP contribution in [0.1, 0.15) is 64.7 Å². The van der Waals surface area contributed by atoms with E-state index in [4.69, 9.17) is 9.97 Å². The van der Waals surface area contributed by atoms with Crippen molar-refractivity contribution in [1.82, 2.24) is 24.1 Å². The van der Waals surface area contributed by atoms with Crippen LogP contribution in [0.2, 0.25) is 0 Å². The van der Waals surface area contributed by atoms with Gasteiger partial charge in [-0.15, -0.1) is 0 Å². The first kappa shape index (κ1) is 20.6. The van der Waals surface area contributed by atoms with Gasteiger partial charge >= 0.3 is 0 Å². The van der Waals surface area contributed by atoms with Crippen LogP contribution in [0.3, 0.4) is 0 Å². The van der Waals surface area contributed by atoms with Gasteiger partial charge in [0.2, 0.25) is 0 Å². The lowest BCUT2D eigenvalue weighted by molar-refractivity contribution is 0.0980. The minimum absolute atomic E-state index is 0.00285. The first-order valence-electron chi connectivity index (χ1n) is 12.7. The van der Waals surface area contributed by atoms with Crippen molar-refractivity contribution in [3.05, 3.63) is 77.1 Å². The first-order valence-corrected chi connectivity index (χ1v) is 12.7. The van der Waals surface area contributed by atoms with E-state index in [1.54, 1.807) is 0 Å². The number of imidazole rings is 2. The van der Waals surface area contributed by atoms with E-state index in [-0.39, 0.29) is 5.91 Å². The molecule has 3 aliphatic rings. The summed E-state index contributed by atoms with van der Waals surface area (Å²) in [6, 6.07) is 12.1. The third-order valence-electron chi connectivity index (χ3n) is 7.59. The van der Waals surface area contributed by atoms with Gasteiger partial charge < -0.3 is 9.13 Å². The standard InChI is InChI=1S/C28H28N6O/c1-18-30-25(20-8-9-20)17-34(18)21-11-10-19-12-14-33(28(35)23(19)15-21)26-7-4-6-24(31-26)27-29-16-22-5-2-3-13-32(22)27/h4,6-7,10-11,15-17,20H,2-3,5,8-9,12-14H2,1H3. The van der Waals surface area contributed by atoms with Crippen molar-refractivity contribution in [3.8, 4) is 17.2 Å². The van der Waals surface area contributed by atoms with Crippen LogP contribution in [0.15, 0.2) is 48.8 Å². The molecule has 5 heterocycles. The molecule has 0 N–H and O–H groups in total. The van der Waals surface area contributed by atoms with Crippen LogP contribution in [0, 0.1) is 6.92 Å². The van der Waals surface area contributed by atoms with Gasteiger partial charge in [-0.25, -0.2) is 15.0 Å². The number of benzene rings is 1. The van der Waals surface area contributed by atoms with Crippen molar-refractivity contribution >= 4 is 11.7 Å². The van der Waals surface area contributed by atoms with Crippen molar-refractivity contribution in [2.45, 2.75) is 57.9 Å². The predicted molar refractivity (Wildman–Crippen MR) is 134 cm³/mol. The summed E-state index contributed by atoms with van der Waals surface area (Å²) in [6.07, 6.45) is 10.8. The molecule has 4 aromatic rings. The number of aryl methyl sites for hydroxylation is 2. The molecule has 0 spiro atoms. The Kier molecular flexibility index (Phi) is 4.65. The van der Waals surface area contributed by atoms with Crippen molar-refractivity contribution in [3.63, 3.8) is 0 Å². The van der Waals surface area contributed by atoms with E-state index in [2.05, 4.69) is 32.4 Å². The molecule has 0 atom stereocenters. The number of anilines is 1. The highest BCUT2D eigenvalue weighted by atomic mass is 16.2. The molecule has 0 unspecified atom stereocenters. The molecule has 3 aromatic heterocycles. The zero-order valence-corrected chi connectivity index (χ0v) is 19.9. The zero-order chi connectivity index (χ0) is 23.5. The van der Waals surface area contributed by atoms with Crippen LogP contribution >= 0.6 is 0 Å². The van der Waals surface area contributed by atoms with Gasteiger partial charge in [0.05, 0.1) is 5.69 Å². The van der Waals surface area contributed by atoms with Gasteiger partial charge in [0.15, 0.2) is 5.82 Å². The molecule has 1 aliphatic carbocycles. The number of rotatable bonds is 4. The van der Waals surface area contributed by atoms with Gasteiger partial charge in [0, 0.05) is 48.3 Å². The molecule has 1 aromatic carbocycles. The van der Waals surface area contributed by atoms with Gasteiger partial charge in [-0.1, -0.05) is 12.1 Å². The van der Waals surface area contributed by atoms with Crippen LogP contribution in [0.4, 0.5) is 5.82 Å². The minimum atomic E-state index is 0.00285. The Morgan fingerprint density at radius 2 is 1.91 bits per heavy atom. The summed E-state index contributed by atoms with van der Waals surface area (Å²) >= 11 is 0. The Hall–Kier alpha value is -3.74. The smallest absolute Gasteiger partial charge is 0.259 e. The molecule has 7 heteroatoms. The molecule has 176 valence electrons. The Balaban J connectivity index is 1.21. The summed E-state index contributed by atoms with van der Waals surface area (Å²) in [7, 11) is 0. The summed E-state index contributed by atoms with van der Waals surface area (Å²) in [5.74, 6) is 3.15. The predicted octanol–water partition coefficient (Wildman–Crippen LogP) is 4.86. The highest BCUT2D eigenvalue weighted by Gasteiger charge is 2.29. The number of aromatic nitrogens is 5. The maximum Gasteiger partial charge on any atom is 0.259 e. The molecular formula is C28H28N6O. The lowest BCUT2D eigenvalue weighted by Gasteiger charge is -2.28. The van der Waals surface area contributed by atoms with Crippen molar-refractivity contribution in [1.29, 1.82) is 0 Å². The van der Waals surface area contributed by atoms with E-state index < -0.39 is 0 Å². The second-order valence-electron chi connectivity index (χ2n) is 9.97. The number of fused-ring (bicyclic) bond motifs is 2. The van der Waals surface area contributed by atoms with Gasteiger partial charge in [-0.2, -0.15) is 0 Å². The molecule has 7 rings (SSSR count). The number of amides is 1. The van der Waals surface area contributed by atoms with Gasteiger partial charge in [-0.05, 0) is 75.3 Å². The summed E-state index contributed by atoms with van der Waals surface area (Å²) < 4.78 is 4.39. The fourth-order valence-corrected chi connectivity index (χ4v) is 5.50. The molecule has 35 heavy (non-hydrogen) atoms. The highest BCUT2D eigenvalue weighted by Crippen LogP contribution is 2.39. The maximum absolute atomic E-state index is 13.7. The molecule has 1 amide bonds. The lowest BCUT2D eigenvalue weighted by atomic mass is 9.98. The van der Waals surface area contributed by atoms with Crippen LogP contribution < -0.4 is 4.90 Å². The van der Waals surface area contributed by atoms with E-state index in [1.165, 1.54) is 25.0 Å². The molecule has 0 saturated heterocycles. The second-order valence-corrected chi connectivity index (χ2v) is 9.97. The van der Waals surface area contributed by atoms with E-state index in [1.807, 2.05) is 42.3 Å². The molecule has 1 saturated carbocycles. The fourth-order valence-electron chi connectivity index (χ4n) is 5.50. The van der Waals surface area contributed by atoms with E-state index >= 15 is 0 Å². The summed E-state index contributed by atoms with van der Waals surface area (Å²) in [5, 5.41) is 0. The number of carbonyl (C=O) groups is 1. The molecule has 1 fully saturated rings. The van der Waals surface area contributed by atoms with E-state index in [9.17, 15) is 4.79 Å². The number of carbonyl (C=O) groups excluding carboxylic acids is 1. The zero-order valence-electron chi connectivity index (χ0n) is 19.9. The number of hydrogen-bond donors (Lipinski definition) is 0. The van der Waals surface area contributed by atoms with Gasteiger partial charge in [0.1, 0.15) is 17.3 Å². The molecule has 0 radical (unpaired) electrons. The third kappa shape index (κ3) is 3.49. The van der Waals surface area contributed by atoms with Crippen molar-refractivity contribution < 1.29 is 4.79 Å². The first-order chi connectivity index (χ1) is 17.2. The quantitative estimate of drug-likeness (QED) is 0.433. The molecular weight excluding hydrogens is 436 g/mol. The highest BCUT2D eigenvalue weighted by molar-refractivity contribution is 6.08. The maximum atomic E-state index is 13.7.